The molecule has 172 valence electrons. The molecule has 3 heterocycles. The van der Waals surface area contributed by atoms with Crippen molar-refractivity contribution < 1.29 is 22.7 Å². The minimum atomic E-state index is -4.57. The molecule has 2 aliphatic heterocycles. The van der Waals surface area contributed by atoms with Crippen LogP contribution in [0.4, 0.5) is 24.9 Å². The fourth-order valence-electron chi connectivity index (χ4n) is 4.44. The van der Waals surface area contributed by atoms with E-state index in [-0.39, 0.29) is 31.0 Å². The van der Waals surface area contributed by atoms with E-state index < -0.39 is 30.1 Å². The lowest BCUT2D eigenvalue weighted by Crippen LogP contribution is -2.55. The molecule has 1 fully saturated rings. The number of ether oxygens (including phenoxy) is 1. The Kier molecular flexibility index (Phi) is 5.98. The van der Waals surface area contributed by atoms with Gasteiger partial charge in [-0.2, -0.15) is 18.2 Å². The zero-order chi connectivity index (χ0) is 23.0. The van der Waals surface area contributed by atoms with Gasteiger partial charge in [0.05, 0.1) is 31.8 Å². The molecule has 0 aliphatic carbocycles. The third-order valence-corrected chi connectivity index (χ3v) is 5.95. The number of nitrogens with zero attached hydrogens (tertiary/aromatic N) is 4. The van der Waals surface area contributed by atoms with E-state index in [0.29, 0.717) is 24.6 Å². The highest BCUT2D eigenvalue weighted by Gasteiger charge is 2.47. The maximum atomic E-state index is 13.9. The van der Waals surface area contributed by atoms with Crippen LogP contribution in [0.15, 0.2) is 41.2 Å². The third-order valence-electron chi connectivity index (χ3n) is 5.95. The van der Waals surface area contributed by atoms with Gasteiger partial charge in [0.15, 0.2) is 5.78 Å². The van der Waals surface area contributed by atoms with E-state index in [1.54, 1.807) is 30.3 Å². The molecule has 2 aromatic rings. The number of halogens is 3. The first-order valence-electron chi connectivity index (χ1n) is 10.6. The van der Waals surface area contributed by atoms with Gasteiger partial charge < -0.3 is 14.5 Å². The van der Waals surface area contributed by atoms with E-state index in [1.165, 1.54) is 10.6 Å². The molecular formula is C22H25F3N4O3. The molecule has 0 unspecified atom stereocenters. The quantitative estimate of drug-likeness (QED) is 0.668. The molecule has 7 nitrogen and oxygen atoms in total. The van der Waals surface area contributed by atoms with E-state index in [4.69, 9.17) is 4.74 Å². The van der Waals surface area contributed by atoms with Crippen molar-refractivity contribution >= 4 is 17.5 Å². The molecule has 10 heteroatoms. The number of Topliss-reactive ketones (excluding diaryl/α,β-unsaturated/α-hetero) is 1. The fraction of sp³-hybridized carbons (Fsp3) is 0.500. The van der Waals surface area contributed by atoms with Crippen molar-refractivity contribution in [2.24, 2.45) is 0 Å². The number of morpholine rings is 1. The van der Waals surface area contributed by atoms with Crippen LogP contribution in [0, 0.1) is 0 Å². The van der Waals surface area contributed by atoms with Crippen LogP contribution in [0.5, 0.6) is 0 Å². The van der Waals surface area contributed by atoms with Gasteiger partial charge in [-0.25, -0.2) is 0 Å². The summed E-state index contributed by atoms with van der Waals surface area (Å²) in [4.78, 5) is 33.0. The molecule has 0 spiro atoms. The minimum absolute atomic E-state index is 0.102. The molecule has 2 aliphatic rings. The summed E-state index contributed by atoms with van der Waals surface area (Å²) < 4.78 is 48.5. The lowest BCUT2D eigenvalue weighted by Gasteiger charge is -2.42. The molecule has 0 amide bonds. The number of carbonyl (C=O) groups is 1. The molecule has 0 radical (unpaired) electrons. The van der Waals surface area contributed by atoms with Crippen molar-refractivity contribution in [3.05, 3.63) is 52.3 Å². The van der Waals surface area contributed by atoms with Crippen molar-refractivity contribution in [3.8, 4) is 0 Å². The fourth-order valence-corrected chi connectivity index (χ4v) is 4.44. The Hall–Kier alpha value is -2.88. The molecule has 0 N–H and O–H groups in total. The molecule has 1 aromatic carbocycles. The summed E-state index contributed by atoms with van der Waals surface area (Å²) in [6, 6.07) is 7.39. The van der Waals surface area contributed by atoms with E-state index in [1.807, 2.05) is 18.7 Å². The molecular weight excluding hydrogens is 425 g/mol. The van der Waals surface area contributed by atoms with Crippen molar-refractivity contribution in [2.75, 3.05) is 29.6 Å². The summed E-state index contributed by atoms with van der Waals surface area (Å²) in [5.41, 5.74) is -0.131. The highest BCUT2D eigenvalue weighted by molar-refractivity contribution is 5.99. The van der Waals surface area contributed by atoms with Crippen LogP contribution in [0.25, 0.3) is 0 Å². The Morgan fingerprint density at radius 3 is 2.44 bits per heavy atom. The molecule has 1 aromatic heterocycles. The van der Waals surface area contributed by atoms with Gasteiger partial charge in [0.25, 0.3) is 5.56 Å². The Bertz CT molecular complexity index is 1030. The number of carbonyl (C=O) groups excluding carboxylic acids is 1. The van der Waals surface area contributed by atoms with Gasteiger partial charge in [-0.1, -0.05) is 30.3 Å². The average Bonchev–Trinajstić information content (AvgIpc) is 2.74. The summed E-state index contributed by atoms with van der Waals surface area (Å²) in [7, 11) is 0. The van der Waals surface area contributed by atoms with Gasteiger partial charge in [-0.3, -0.25) is 14.2 Å². The Morgan fingerprint density at radius 2 is 1.81 bits per heavy atom. The van der Waals surface area contributed by atoms with Crippen LogP contribution < -0.4 is 15.4 Å². The SMILES string of the molecule is C[C@H]1COC[C@H](C)N1c1cc(=O)n2c(n1)N(CC(=O)c1ccccc1)[C@H](C(F)(F)F)CC2. The highest BCUT2D eigenvalue weighted by atomic mass is 19.4. The van der Waals surface area contributed by atoms with Crippen LogP contribution in [0.1, 0.15) is 30.6 Å². The summed E-state index contributed by atoms with van der Waals surface area (Å²) in [5.74, 6) is -0.304. The first-order chi connectivity index (χ1) is 15.2. The summed E-state index contributed by atoms with van der Waals surface area (Å²) in [6.45, 7) is 4.01. The summed E-state index contributed by atoms with van der Waals surface area (Å²) in [5, 5.41) is 0. The van der Waals surface area contributed by atoms with Gasteiger partial charge in [0.1, 0.15) is 11.9 Å². The van der Waals surface area contributed by atoms with Gasteiger partial charge in [-0.15, -0.1) is 0 Å². The summed E-state index contributed by atoms with van der Waals surface area (Å²) in [6.07, 6.45) is -4.90. The number of benzene rings is 1. The van der Waals surface area contributed by atoms with E-state index in [9.17, 15) is 22.8 Å². The van der Waals surface area contributed by atoms with Crippen LogP contribution in [0.2, 0.25) is 0 Å². The monoisotopic (exact) mass is 450 g/mol. The van der Waals surface area contributed by atoms with Crippen LogP contribution in [0.3, 0.4) is 0 Å². The Labute approximate surface area is 183 Å². The van der Waals surface area contributed by atoms with E-state index in [2.05, 4.69) is 4.98 Å². The first-order valence-corrected chi connectivity index (χ1v) is 10.6. The number of hydrogen-bond donors (Lipinski definition) is 0. The van der Waals surface area contributed by atoms with Crippen molar-refractivity contribution in [1.29, 1.82) is 0 Å². The predicted molar refractivity (Wildman–Crippen MR) is 113 cm³/mol. The smallest absolute Gasteiger partial charge is 0.377 e. The Balaban J connectivity index is 1.78. The maximum absolute atomic E-state index is 13.9. The molecule has 0 saturated carbocycles. The second kappa shape index (κ2) is 8.57. The number of hydrogen-bond acceptors (Lipinski definition) is 6. The van der Waals surface area contributed by atoms with Gasteiger partial charge in [-0.05, 0) is 20.3 Å². The normalized spacial score (nSPS) is 23.7. The minimum Gasteiger partial charge on any atom is -0.377 e. The Morgan fingerprint density at radius 1 is 1.16 bits per heavy atom. The maximum Gasteiger partial charge on any atom is 0.408 e. The second-order valence-electron chi connectivity index (χ2n) is 8.31. The lowest BCUT2D eigenvalue weighted by atomic mass is 10.1. The molecule has 0 bridgehead atoms. The first kappa shape index (κ1) is 22.3. The van der Waals surface area contributed by atoms with Gasteiger partial charge >= 0.3 is 6.18 Å². The average molecular weight is 450 g/mol. The number of anilines is 2. The van der Waals surface area contributed by atoms with Crippen molar-refractivity contribution in [3.63, 3.8) is 0 Å². The zero-order valence-electron chi connectivity index (χ0n) is 17.9. The van der Waals surface area contributed by atoms with Gasteiger partial charge in [0, 0.05) is 18.2 Å². The number of alkyl halides is 3. The number of rotatable bonds is 4. The molecule has 4 rings (SSSR count). The lowest BCUT2D eigenvalue weighted by molar-refractivity contribution is -0.152. The van der Waals surface area contributed by atoms with Crippen molar-refractivity contribution in [2.45, 2.75) is 51.1 Å². The molecule has 3 atom stereocenters. The third kappa shape index (κ3) is 4.23. The predicted octanol–water partition coefficient (Wildman–Crippen LogP) is 2.88. The highest BCUT2D eigenvalue weighted by Crippen LogP contribution is 2.35. The standard InChI is InChI=1S/C22H25F3N4O3/c1-14-12-32-13-15(2)29(14)19-10-20(31)27-9-8-18(22(23,24)25)28(21(27)26-19)11-17(30)16-6-4-3-5-7-16/h3-7,10,14-15,18H,8-9,11-13H2,1-2H3/t14-,15-,18-/m0/s1. The van der Waals surface area contributed by atoms with Crippen LogP contribution in [-0.2, 0) is 11.3 Å². The summed E-state index contributed by atoms with van der Waals surface area (Å²) >= 11 is 0. The number of aromatic nitrogens is 2. The second-order valence-corrected chi connectivity index (χ2v) is 8.31. The van der Waals surface area contributed by atoms with Gasteiger partial charge in [0.2, 0.25) is 5.95 Å². The number of ketones is 1. The molecule has 1 saturated heterocycles. The van der Waals surface area contributed by atoms with E-state index >= 15 is 0 Å². The van der Waals surface area contributed by atoms with Crippen LogP contribution in [-0.4, -0.2) is 59.4 Å². The molecule has 32 heavy (non-hydrogen) atoms. The van der Waals surface area contributed by atoms with Crippen molar-refractivity contribution in [1.82, 2.24) is 9.55 Å². The largest absolute Gasteiger partial charge is 0.408 e. The van der Waals surface area contributed by atoms with E-state index in [0.717, 1.165) is 4.90 Å². The van der Waals surface area contributed by atoms with Crippen LogP contribution >= 0.6 is 0 Å². The zero-order valence-corrected chi connectivity index (χ0v) is 17.9. The number of fused-ring (bicyclic) bond motifs is 1. The topological polar surface area (TPSA) is 67.7 Å².